The molecule has 21 heavy (non-hydrogen) atoms. The smallest absolute Gasteiger partial charge is 0.251 e. The van der Waals surface area contributed by atoms with Gasteiger partial charge in [0.15, 0.2) is 0 Å². The SMILES string of the molecule is Cc1ccc(C(=O)NCCNc2cncc(Cl)n2)cc1F. The fourth-order valence-electron chi connectivity index (χ4n) is 1.63. The maximum absolute atomic E-state index is 13.4. The lowest BCUT2D eigenvalue weighted by Gasteiger charge is -2.08. The van der Waals surface area contributed by atoms with E-state index in [2.05, 4.69) is 20.6 Å². The van der Waals surface area contributed by atoms with Crippen LogP contribution in [0.25, 0.3) is 0 Å². The van der Waals surface area contributed by atoms with E-state index in [9.17, 15) is 9.18 Å². The second kappa shape index (κ2) is 6.99. The summed E-state index contributed by atoms with van der Waals surface area (Å²) in [6, 6.07) is 4.38. The molecule has 110 valence electrons. The number of aryl methyl sites for hydroxylation is 1. The second-order valence-electron chi connectivity index (χ2n) is 4.37. The Labute approximate surface area is 126 Å². The molecule has 0 unspecified atom stereocenters. The van der Waals surface area contributed by atoms with Gasteiger partial charge in [-0.1, -0.05) is 17.7 Å². The van der Waals surface area contributed by atoms with Gasteiger partial charge in [-0.05, 0) is 24.6 Å². The summed E-state index contributed by atoms with van der Waals surface area (Å²) in [6.07, 6.45) is 2.96. The Balaban J connectivity index is 1.80. The Morgan fingerprint density at radius 1 is 1.33 bits per heavy atom. The Kier molecular flexibility index (Phi) is 5.05. The lowest BCUT2D eigenvalue weighted by atomic mass is 10.1. The first-order valence-electron chi connectivity index (χ1n) is 6.32. The molecule has 0 aliphatic carbocycles. The lowest BCUT2D eigenvalue weighted by Crippen LogP contribution is -2.29. The topological polar surface area (TPSA) is 66.9 Å². The quantitative estimate of drug-likeness (QED) is 0.833. The predicted molar refractivity (Wildman–Crippen MR) is 79.0 cm³/mol. The minimum absolute atomic E-state index is 0.291. The van der Waals surface area contributed by atoms with Gasteiger partial charge in [0.25, 0.3) is 5.91 Å². The van der Waals surface area contributed by atoms with E-state index in [1.807, 2.05) is 0 Å². The third-order valence-corrected chi connectivity index (χ3v) is 2.94. The van der Waals surface area contributed by atoms with Crippen molar-refractivity contribution in [2.24, 2.45) is 0 Å². The maximum Gasteiger partial charge on any atom is 0.251 e. The van der Waals surface area contributed by atoms with Gasteiger partial charge in [0.2, 0.25) is 0 Å². The molecule has 1 amide bonds. The normalized spacial score (nSPS) is 10.2. The van der Waals surface area contributed by atoms with Crippen LogP contribution in [-0.2, 0) is 0 Å². The van der Waals surface area contributed by atoms with E-state index >= 15 is 0 Å². The van der Waals surface area contributed by atoms with Gasteiger partial charge in [-0.25, -0.2) is 9.37 Å². The first kappa shape index (κ1) is 15.2. The standard InChI is InChI=1S/C14H14ClFN4O/c1-9-2-3-10(6-11(9)16)14(21)19-5-4-18-13-8-17-7-12(15)20-13/h2-3,6-8H,4-5H2,1H3,(H,18,20)(H,19,21). The van der Waals surface area contributed by atoms with Crippen LogP contribution in [0.15, 0.2) is 30.6 Å². The Hall–Kier alpha value is -2.21. The Morgan fingerprint density at radius 3 is 2.86 bits per heavy atom. The van der Waals surface area contributed by atoms with Gasteiger partial charge in [0.05, 0.1) is 12.4 Å². The Morgan fingerprint density at radius 2 is 2.14 bits per heavy atom. The monoisotopic (exact) mass is 308 g/mol. The number of hydrogen-bond acceptors (Lipinski definition) is 4. The molecule has 0 fully saturated rings. The van der Waals surface area contributed by atoms with Gasteiger partial charge in [0, 0.05) is 18.7 Å². The first-order chi connectivity index (χ1) is 10.1. The largest absolute Gasteiger partial charge is 0.367 e. The summed E-state index contributed by atoms with van der Waals surface area (Å²) in [4.78, 5) is 19.7. The Bertz CT molecular complexity index is 651. The van der Waals surface area contributed by atoms with Gasteiger partial charge in [0.1, 0.15) is 16.8 Å². The third kappa shape index (κ3) is 4.39. The summed E-state index contributed by atoms with van der Waals surface area (Å²) < 4.78 is 13.4. The summed E-state index contributed by atoms with van der Waals surface area (Å²) in [6.45, 7) is 2.46. The van der Waals surface area contributed by atoms with Gasteiger partial charge < -0.3 is 10.6 Å². The van der Waals surface area contributed by atoms with Crippen molar-refractivity contribution in [3.8, 4) is 0 Å². The third-order valence-electron chi connectivity index (χ3n) is 2.76. The number of carbonyl (C=O) groups excluding carboxylic acids is 1. The van der Waals surface area contributed by atoms with Crippen LogP contribution < -0.4 is 10.6 Å². The molecule has 1 aromatic heterocycles. The molecule has 0 aliphatic rings. The van der Waals surface area contributed by atoms with Gasteiger partial charge in [-0.2, -0.15) is 0 Å². The summed E-state index contributed by atoms with van der Waals surface area (Å²) in [5.41, 5.74) is 0.799. The average Bonchev–Trinajstić information content (AvgIpc) is 2.46. The van der Waals surface area contributed by atoms with Crippen LogP contribution in [-0.4, -0.2) is 29.0 Å². The molecular formula is C14H14ClFN4O. The number of nitrogens with zero attached hydrogens (tertiary/aromatic N) is 2. The molecule has 2 N–H and O–H groups in total. The molecule has 5 nitrogen and oxygen atoms in total. The highest BCUT2D eigenvalue weighted by atomic mass is 35.5. The summed E-state index contributed by atoms with van der Waals surface area (Å²) in [5.74, 6) is -0.194. The maximum atomic E-state index is 13.4. The van der Waals surface area contributed by atoms with Gasteiger partial charge in [-0.3, -0.25) is 9.78 Å². The van der Waals surface area contributed by atoms with Crippen LogP contribution in [0, 0.1) is 12.7 Å². The number of carbonyl (C=O) groups is 1. The molecule has 1 heterocycles. The van der Waals surface area contributed by atoms with E-state index in [0.29, 0.717) is 35.2 Å². The van der Waals surface area contributed by atoms with Crippen LogP contribution in [0.5, 0.6) is 0 Å². The molecule has 0 spiro atoms. The second-order valence-corrected chi connectivity index (χ2v) is 4.76. The zero-order chi connectivity index (χ0) is 15.2. The van der Waals surface area contributed by atoms with E-state index in [1.54, 1.807) is 19.1 Å². The number of anilines is 1. The van der Waals surface area contributed by atoms with Crippen LogP contribution >= 0.6 is 11.6 Å². The van der Waals surface area contributed by atoms with Crippen molar-refractivity contribution in [1.82, 2.24) is 15.3 Å². The highest BCUT2D eigenvalue weighted by molar-refractivity contribution is 6.29. The molecule has 2 rings (SSSR count). The molecule has 0 saturated carbocycles. The molecule has 0 atom stereocenters. The lowest BCUT2D eigenvalue weighted by molar-refractivity contribution is 0.0954. The highest BCUT2D eigenvalue weighted by Crippen LogP contribution is 2.09. The van der Waals surface area contributed by atoms with Crippen molar-refractivity contribution >= 4 is 23.3 Å². The van der Waals surface area contributed by atoms with Crippen LogP contribution in [0.4, 0.5) is 10.2 Å². The zero-order valence-electron chi connectivity index (χ0n) is 11.4. The zero-order valence-corrected chi connectivity index (χ0v) is 12.1. The molecule has 0 aliphatic heterocycles. The molecule has 0 saturated heterocycles. The molecule has 2 aromatic rings. The number of rotatable bonds is 5. The molecule has 0 bridgehead atoms. The molecular weight excluding hydrogens is 295 g/mol. The van der Waals surface area contributed by atoms with E-state index in [0.717, 1.165) is 0 Å². The minimum atomic E-state index is -0.394. The minimum Gasteiger partial charge on any atom is -0.367 e. The number of aromatic nitrogens is 2. The van der Waals surface area contributed by atoms with Crippen LogP contribution in [0.2, 0.25) is 5.15 Å². The fraction of sp³-hybridized carbons (Fsp3) is 0.214. The summed E-state index contributed by atoms with van der Waals surface area (Å²) >= 11 is 5.70. The van der Waals surface area contributed by atoms with Gasteiger partial charge >= 0.3 is 0 Å². The van der Waals surface area contributed by atoms with Crippen LogP contribution in [0.3, 0.4) is 0 Å². The van der Waals surface area contributed by atoms with Crippen molar-refractivity contribution in [2.45, 2.75) is 6.92 Å². The van der Waals surface area contributed by atoms with E-state index in [-0.39, 0.29) is 5.91 Å². The van der Waals surface area contributed by atoms with Crippen molar-refractivity contribution in [1.29, 1.82) is 0 Å². The summed E-state index contributed by atoms with van der Waals surface area (Å²) in [7, 11) is 0. The number of amides is 1. The van der Waals surface area contributed by atoms with Gasteiger partial charge in [-0.15, -0.1) is 0 Å². The predicted octanol–water partition coefficient (Wildman–Crippen LogP) is 2.42. The number of nitrogens with one attached hydrogen (secondary N) is 2. The van der Waals surface area contributed by atoms with Crippen molar-refractivity contribution in [3.63, 3.8) is 0 Å². The van der Waals surface area contributed by atoms with E-state index in [1.165, 1.54) is 18.5 Å². The summed E-state index contributed by atoms with van der Waals surface area (Å²) in [5, 5.41) is 5.94. The van der Waals surface area contributed by atoms with Crippen molar-refractivity contribution < 1.29 is 9.18 Å². The first-order valence-corrected chi connectivity index (χ1v) is 6.70. The molecule has 7 heteroatoms. The molecule has 0 radical (unpaired) electrons. The number of benzene rings is 1. The van der Waals surface area contributed by atoms with E-state index < -0.39 is 5.82 Å². The van der Waals surface area contributed by atoms with E-state index in [4.69, 9.17) is 11.6 Å². The number of halogens is 2. The van der Waals surface area contributed by atoms with Crippen LogP contribution in [0.1, 0.15) is 15.9 Å². The molecule has 1 aromatic carbocycles. The highest BCUT2D eigenvalue weighted by Gasteiger charge is 2.07. The number of hydrogen-bond donors (Lipinski definition) is 2. The average molecular weight is 309 g/mol. The van der Waals surface area contributed by atoms with Crippen molar-refractivity contribution in [3.05, 3.63) is 52.7 Å². The fourth-order valence-corrected chi connectivity index (χ4v) is 1.78. The van der Waals surface area contributed by atoms with Crippen molar-refractivity contribution in [2.75, 3.05) is 18.4 Å².